The van der Waals surface area contributed by atoms with Gasteiger partial charge in [0.15, 0.2) is 17.8 Å². The van der Waals surface area contributed by atoms with E-state index in [9.17, 15) is 14.4 Å². The number of carbonyl (C=O) groups is 3. The number of oxime groups is 1. The van der Waals surface area contributed by atoms with E-state index in [4.69, 9.17) is 0 Å². The normalized spacial score (nSPS) is 11.7. The van der Waals surface area contributed by atoms with E-state index < -0.39 is 5.97 Å². The van der Waals surface area contributed by atoms with Crippen LogP contribution >= 0.6 is 0 Å². The molecule has 3 aromatic carbocycles. The molecular formula is C27H24N2O4. The number of hydrogen-bond donors (Lipinski definition) is 0. The molecule has 6 heteroatoms. The third kappa shape index (κ3) is 4.20. The number of aryl methyl sites for hydroxylation is 2. The van der Waals surface area contributed by atoms with Gasteiger partial charge in [0.1, 0.15) is 0 Å². The zero-order valence-electron chi connectivity index (χ0n) is 18.8. The Morgan fingerprint density at radius 3 is 2.21 bits per heavy atom. The fourth-order valence-electron chi connectivity index (χ4n) is 4.11. The highest BCUT2D eigenvalue weighted by molar-refractivity contribution is 6.36. The van der Waals surface area contributed by atoms with Crippen molar-refractivity contribution in [2.45, 2.75) is 33.7 Å². The van der Waals surface area contributed by atoms with Crippen molar-refractivity contribution in [2.75, 3.05) is 0 Å². The van der Waals surface area contributed by atoms with Gasteiger partial charge >= 0.3 is 5.97 Å². The Hall–Kier alpha value is -4.06. The average Bonchev–Trinajstić information content (AvgIpc) is 3.12. The summed E-state index contributed by atoms with van der Waals surface area (Å²) in [6.45, 7) is 6.07. The molecule has 0 aliphatic rings. The predicted octanol–water partition coefficient (Wildman–Crippen LogP) is 5.21. The monoisotopic (exact) mass is 440 g/mol. The van der Waals surface area contributed by atoms with Crippen molar-refractivity contribution >= 4 is 45.6 Å². The molecular weight excluding hydrogens is 416 g/mol. The first kappa shape index (κ1) is 22.1. The molecule has 0 saturated carbocycles. The van der Waals surface area contributed by atoms with E-state index in [1.807, 2.05) is 61.5 Å². The highest BCUT2D eigenvalue weighted by atomic mass is 16.7. The lowest BCUT2D eigenvalue weighted by molar-refractivity contribution is -0.140. The summed E-state index contributed by atoms with van der Waals surface area (Å²) in [5, 5.41) is 5.49. The lowest BCUT2D eigenvalue weighted by Gasteiger charge is -2.07. The van der Waals surface area contributed by atoms with E-state index >= 15 is 0 Å². The minimum atomic E-state index is -0.602. The zero-order chi connectivity index (χ0) is 23.5. The number of rotatable bonds is 7. The maximum absolute atomic E-state index is 13.2. The molecule has 0 N–H and O–H groups in total. The third-order valence-corrected chi connectivity index (χ3v) is 5.64. The van der Waals surface area contributed by atoms with Crippen LogP contribution in [0.2, 0.25) is 0 Å². The number of ketones is 1. The smallest absolute Gasteiger partial charge is 0.332 e. The average molecular weight is 440 g/mol. The molecule has 33 heavy (non-hydrogen) atoms. The van der Waals surface area contributed by atoms with Crippen LogP contribution in [-0.2, 0) is 21.0 Å². The minimum Gasteiger partial charge on any atom is -0.340 e. The Labute approximate surface area is 191 Å². The molecule has 0 aliphatic heterocycles. The maximum atomic E-state index is 13.2. The molecule has 0 fully saturated rings. The summed E-state index contributed by atoms with van der Waals surface area (Å²) in [4.78, 5) is 40.6. The molecule has 0 spiro atoms. The molecule has 0 aliphatic carbocycles. The summed E-state index contributed by atoms with van der Waals surface area (Å²) in [5.41, 5.74) is 4.76. The van der Waals surface area contributed by atoms with Crippen molar-refractivity contribution in [2.24, 2.45) is 5.16 Å². The summed E-state index contributed by atoms with van der Waals surface area (Å²) >= 11 is 0. The largest absolute Gasteiger partial charge is 0.340 e. The lowest BCUT2D eigenvalue weighted by Crippen LogP contribution is -2.05. The zero-order valence-corrected chi connectivity index (χ0v) is 18.8. The number of aldehydes is 1. The molecule has 0 saturated heterocycles. The maximum Gasteiger partial charge on any atom is 0.332 e. The van der Waals surface area contributed by atoms with Crippen molar-refractivity contribution in [3.05, 3.63) is 82.9 Å². The molecule has 0 radical (unpaired) electrons. The Morgan fingerprint density at radius 1 is 0.970 bits per heavy atom. The third-order valence-electron chi connectivity index (χ3n) is 5.64. The van der Waals surface area contributed by atoms with Crippen LogP contribution in [0, 0.1) is 6.92 Å². The van der Waals surface area contributed by atoms with Gasteiger partial charge in [-0.3, -0.25) is 9.59 Å². The van der Waals surface area contributed by atoms with E-state index in [0.717, 1.165) is 40.3 Å². The Bertz CT molecular complexity index is 1430. The van der Waals surface area contributed by atoms with Gasteiger partial charge in [0.05, 0.1) is 0 Å². The second-order valence-electron chi connectivity index (χ2n) is 7.94. The molecule has 0 amide bonds. The fourth-order valence-corrected chi connectivity index (χ4v) is 4.11. The van der Waals surface area contributed by atoms with E-state index in [-0.39, 0.29) is 11.5 Å². The van der Waals surface area contributed by atoms with Crippen LogP contribution in [0.5, 0.6) is 0 Å². The molecule has 1 aromatic heterocycles. The molecule has 6 nitrogen and oxygen atoms in total. The molecule has 1 heterocycles. The van der Waals surface area contributed by atoms with Crippen LogP contribution < -0.4 is 0 Å². The van der Waals surface area contributed by atoms with Gasteiger partial charge in [-0.05, 0) is 49.2 Å². The van der Waals surface area contributed by atoms with Crippen LogP contribution in [0.1, 0.15) is 47.3 Å². The minimum absolute atomic E-state index is 0.0237. The topological polar surface area (TPSA) is 77.7 Å². The SMILES string of the molecule is CCCn1c2ccc(C(=O)c3ccccc3C)cc2c2cc(C(C=O)=NOC(C)=O)ccc21. The highest BCUT2D eigenvalue weighted by Crippen LogP contribution is 2.32. The van der Waals surface area contributed by atoms with Gasteiger partial charge in [-0.15, -0.1) is 0 Å². The van der Waals surface area contributed by atoms with Crippen molar-refractivity contribution in [3.8, 4) is 0 Å². The van der Waals surface area contributed by atoms with Crippen LogP contribution in [0.3, 0.4) is 0 Å². The van der Waals surface area contributed by atoms with E-state index in [1.165, 1.54) is 6.92 Å². The van der Waals surface area contributed by atoms with Crippen molar-refractivity contribution in [3.63, 3.8) is 0 Å². The summed E-state index contributed by atoms with van der Waals surface area (Å²) in [5.74, 6) is -0.637. The molecule has 0 bridgehead atoms. The van der Waals surface area contributed by atoms with E-state index in [1.54, 1.807) is 6.07 Å². The number of benzene rings is 3. The predicted molar refractivity (Wildman–Crippen MR) is 129 cm³/mol. The molecule has 0 atom stereocenters. The second-order valence-corrected chi connectivity index (χ2v) is 7.94. The molecule has 4 rings (SSSR count). The van der Waals surface area contributed by atoms with Crippen molar-refractivity contribution in [1.29, 1.82) is 0 Å². The summed E-state index contributed by atoms with van der Waals surface area (Å²) < 4.78 is 2.21. The molecule has 0 unspecified atom stereocenters. The van der Waals surface area contributed by atoms with Gasteiger partial charge in [-0.25, -0.2) is 4.79 Å². The lowest BCUT2D eigenvalue weighted by atomic mass is 9.97. The number of carbonyl (C=O) groups excluding carboxylic acids is 3. The Morgan fingerprint density at radius 2 is 1.61 bits per heavy atom. The van der Waals surface area contributed by atoms with Crippen LogP contribution in [0.4, 0.5) is 0 Å². The van der Waals surface area contributed by atoms with Gasteiger partial charge in [0, 0.05) is 52.0 Å². The number of fused-ring (bicyclic) bond motifs is 3. The standard InChI is InChI=1S/C27H24N2O4/c1-4-13-29-25-11-9-19(24(16-30)28-33-18(3)31)14-22(25)23-15-20(10-12-26(23)29)27(32)21-8-6-5-7-17(21)2/h5-12,14-16H,4,13H2,1-3H3. The van der Waals surface area contributed by atoms with Crippen molar-refractivity contribution in [1.82, 2.24) is 4.57 Å². The number of nitrogens with zero attached hydrogens (tertiary/aromatic N) is 2. The van der Waals surface area contributed by atoms with Crippen LogP contribution in [-0.4, -0.2) is 28.3 Å². The number of hydrogen-bond acceptors (Lipinski definition) is 5. The van der Waals surface area contributed by atoms with Gasteiger partial charge in [-0.2, -0.15) is 0 Å². The summed E-state index contributed by atoms with van der Waals surface area (Å²) in [7, 11) is 0. The molecule has 4 aromatic rings. The summed E-state index contributed by atoms with van der Waals surface area (Å²) in [6.07, 6.45) is 1.50. The fraction of sp³-hybridized carbons (Fsp3) is 0.185. The Kier molecular flexibility index (Phi) is 6.18. The molecule has 166 valence electrons. The summed E-state index contributed by atoms with van der Waals surface area (Å²) in [6, 6.07) is 18.8. The van der Waals surface area contributed by atoms with Crippen molar-refractivity contribution < 1.29 is 19.2 Å². The van der Waals surface area contributed by atoms with Gasteiger partial charge in [0.25, 0.3) is 0 Å². The first-order chi connectivity index (χ1) is 15.9. The van der Waals surface area contributed by atoms with E-state index in [2.05, 4.69) is 21.5 Å². The second kappa shape index (κ2) is 9.20. The first-order valence-electron chi connectivity index (χ1n) is 10.8. The first-order valence-corrected chi connectivity index (χ1v) is 10.8. The van der Waals surface area contributed by atoms with Gasteiger partial charge < -0.3 is 9.40 Å². The van der Waals surface area contributed by atoms with Crippen LogP contribution in [0.15, 0.2) is 65.8 Å². The van der Waals surface area contributed by atoms with E-state index in [0.29, 0.717) is 23.0 Å². The quantitative estimate of drug-likeness (QED) is 0.130. The van der Waals surface area contributed by atoms with Crippen LogP contribution in [0.25, 0.3) is 21.8 Å². The van der Waals surface area contributed by atoms with Gasteiger partial charge in [-0.1, -0.05) is 42.4 Å². The van der Waals surface area contributed by atoms with Gasteiger partial charge in [0.2, 0.25) is 0 Å². The Balaban J connectivity index is 1.91. The highest BCUT2D eigenvalue weighted by Gasteiger charge is 2.17. The number of aromatic nitrogens is 1.